The fraction of sp³-hybridized carbons (Fsp3) is 0.111. The first-order valence-electron chi connectivity index (χ1n) is 8.04. The summed E-state index contributed by atoms with van der Waals surface area (Å²) in [5, 5.41) is 4.37. The molecule has 0 unspecified atom stereocenters. The van der Waals surface area contributed by atoms with Crippen LogP contribution in [0.25, 0.3) is 11.3 Å². The second kappa shape index (κ2) is 7.84. The van der Waals surface area contributed by atoms with Crippen molar-refractivity contribution >= 4 is 38.1 Å². The number of carbonyl (C=O) groups is 1. The van der Waals surface area contributed by atoms with E-state index in [9.17, 15) is 26.4 Å². The van der Waals surface area contributed by atoms with Crippen molar-refractivity contribution in [1.29, 1.82) is 0 Å². The van der Waals surface area contributed by atoms with E-state index in [1.807, 2.05) is 0 Å². The van der Waals surface area contributed by atoms with Crippen molar-refractivity contribution in [3.63, 3.8) is 0 Å². The Labute approximate surface area is 168 Å². The molecule has 0 spiro atoms. The van der Waals surface area contributed by atoms with Crippen LogP contribution in [-0.2, 0) is 16.2 Å². The number of hydrogen-bond acceptors (Lipinski definition) is 5. The number of halogens is 3. The predicted octanol–water partition coefficient (Wildman–Crippen LogP) is 4.45. The Hall–Kier alpha value is -2.92. The molecule has 2 aromatic carbocycles. The number of rotatable bonds is 5. The van der Waals surface area contributed by atoms with Crippen LogP contribution in [0.4, 0.5) is 24.0 Å². The minimum atomic E-state index is -4.54. The first-order chi connectivity index (χ1) is 13.5. The van der Waals surface area contributed by atoms with E-state index in [2.05, 4.69) is 15.0 Å². The Balaban J connectivity index is 1.73. The predicted molar refractivity (Wildman–Crippen MR) is 105 cm³/mol. The molecule has 1 heterocycles. The minimum absolute atomic E-state index is 0.132. The Kier molecular flexibility index (Phi) is 5.62. The van der Waals surface area contributed by atoms with E-state index in [0.717, 1.165) is 35.8 Å². The number of nitrogens with zero attached hydrogens (tertiary/aromatic N) is 1. The second-order valence-electron chi connectivity index (χ2n) is 6.02. The third-order valence-corrected chi connectivity index (χ3v) is 5.02. The van der Waals surface area contributed by atoms with Crippen molar-refractivity contribution in [2.24, 2.45) is 0 Å². The summed E-state index contributed by atoms with van der Waals surface area (Å²) in [6.45, 7) is 0. The molecule has 0 radical (unpaired) electrons. The SMILES string of the molecule is CS(=O)(=O)Nc1ccc(-c2csc(NC(=O)c3cccc(C(F)(F)F)c3)n2)cc1. The zero-order valence-electron chi connectivity index (χ0n) is 14.8. The number of hydrogen-bond donors (Lipinski definition) is 2. The van der Waals surface area contributed by atoms with Crippen LogP contribution >= 0.6 is 11.3 Å². The van der Waals surface area contributed by atoms with Gasteiger partial charge in [0.1, 0.15) is 0 Å². The van der Waals surface area contributed by atoms with Crippen molar-refractivity contribution in [2.45, 2.75) is 6.18 Å². The quantitative estimate of drug-likeness (QED) is 0.612. The monoisotopic (exact) mass is 441 g/mol. The molecule has 3 aromatic rings. The van der Waals surface area contributed by atoms with Gasteiger partial charge in [0.05, 0.1) is 17.5 Å². The molecule has 3 rings (SSSR count). The first kappa shape index (κ1) is 20.8. The number of sulfonamides is 1. The van der Waals surface area contributed by atoms with Gasteiger partial charge >= 0.3 is 6.18 Å². The van der Waals surface area contributed by atoms with Gasteiger partial charge in [-0.3, -0.25) is 14.8 Å². The Bertz CT molecular complexity index is 1140. The van der Waals surface area contributed by atoms with Gasteiger partial charge < -0.3 is 0 Å². The van der Waals surface area contributed by atoms with Gasteiger partial charge in [-0.1, -0.05) is 18.2 Å². The highest BCUT2D eigenvalue weighted by molar-refractivity contribution is 7.92. The molecule has 11 heteroatoms. The summed E-state index contributed by atoms with van der Waals surface area (Å²) in [6, 6.07) is 10.6. The lowest BCUT2D eigenvalue weighted by molar-refractivity contribution is -0.137. The molecule has 0 aliphatic rings. The standard InChI is InChI=1S/C18H14F3N3O3S2/c1-29(26,27)24-14-7-5-11(6-8-14)15-10-28-17(22-15)23-16(25)12-3-2-4-13(9-12)18(19,20)21/h2-10,24H,1H3,(H,22,23,25). The van der Waals surface area contributed by atoms with E-state index in [1.54, 1.807) is 29.6 Å². The molecule has 0 saturated carbocycles. The van der Waals surface area contributed by atoms with Crippen molar-refractivity contribution in [3.05, 3.63) is 65.0 Å². The summed E-state index contributed by atoms with van der Waals surface area (Å²) in [6.07, 6.45) is -3.50. The number of nitrogens with one attached hydrogen (secondary N) is 2. The Morgan fingerprint density at radius 2 is 1.79 bits per heavy atom. The van der Waals surface area contributed by atoms with Crippen LogP contribution in [0, 0.1) is 0 Å². The fourth-order valence-electron chi connectivity index (χ4n) is 2.39. The van der Waals surface area contributed by atoms with Gasteiger partial charge in [0.2, 0.25) is 10.0 Å². The number of alkyl halides is 3. The van der Waals surface area contributed by atoms with E-state index >= 15 is 0 Å². The maximum Gasteiger partial charge on any atom is 0.416 e. The molecule has 0 aliphatic carbocycles. The average molecular weight is 441 g/mol. The molecule has 29 heavy (non-hydrogen) atoms. The second-order valence-corrected chi connectivity index (χ2v) is 8.63. The maximum atomic E-state index is 12.8. The Morgan fingerprint density at radius 1 is 1.10 bits per heavy atom. The van der Waals surface area contributed by atoms with E-state index in [0.29, 0.717) is 16.9 Å². The van der Waals surface area contributed by atoms with Crippen molar-refractivity contribution < 1.29 is 26.4 Å². The van der Waals surface area contributed by atoms with Crippen molar-refractivity contribution in [3.8, 4) is 11.3 Å². The van der Waals surface area contributed by atoms with Gasteiger partial charge in [0.25, 0.3) is 5.91 Å². The summed E-state index contributed by atoms with van der Waals surface area (Å²) < 4.78 is 63.2. The minimum Gasteiger partial charge on any atom is -0.298 e. The highest BCUT2D eigenvalue weighted by atomic mass is 32.2. The number of benzene rings is 2. The van der Waals surface area contributed by atoms with Crippen LogP contribution in [0.5, 0.6) is 0 Å². The van der Waals surface area contributed by atoms with Gasteiger partial charge in [-0.2, -0.15) is 13.2 Å². The van der Waals surface area contributed by atoms with Gasteiger partial charge in [0.15, 0.2) is 5.13 Å². The summed E-state index contributed by atoms with van der Waals surface area (Å²) in [5.74, 6) is -0.704. The lowest BCUT2D eigenvalue weighted by atomic mass is 10.1. The van der Waals surface area contributed by atoms with E-state index < -0.39 is 27.7 Å². The van der Waals surface area contributed by atoms with Crippen LogP contribution in [-0.4, -0.2) is 25.6 Å². The van der Waals surface area contributed by atoms with Crippen LogP contribution in [0.1, 0.15) is 15.9 Å². The molecular weight excluding hydrogens is 427 g/mol. The van der Waals surface area contributed by atoms with Gasteiger partial charge in [-0.15, -0.1) is 11.3 Å². The van der Waals surface area contributed by atoms with Crippen LogP contribution in [0.2, 0.25) is 0 Å². The smallest absolute Gasteiger partial charge is 0.298 e. The lowest BCUT2D eigenvalue weighted by Crippen LogP contribution is -2.13. The van der Waals surface area contributed by atoms with Crippen LogP contribution in [0.3, 0.4) is 0 Å². The molecule has 152 valence electrons. The zero-order chi connectivity index (χ0) is 21.2. The zero-order valence-corrected chi connectivity index (χ0v) is 16.5. The molecule has 0 saturated heterocycles. The third kappa shape index (κ3) is 5.55. The number of anilines is 2. The van der Waals surface area contributed by atoms with E-state index in [4.69, 9.17) is 0 Å². The van der Waals surface area contributed by atoms with Gasteiger partial charge in [0, 0.05) is 22.2 Å². The van der Waals surface area contributed by atoms with Crippen molar-refractivity contribution in [1.82, 2.24) is 4.98 Å². The molecule has 0 fully saturated rings. The summed E-state index contributed by atoms with van der Waals surface area (Å²) in [7, 11) is -3.38. The van der Waals surface area contributed by atoms with Gasteiger partial charge in [-0.25, -0.2) is 13.4 Å². The number of aromatic nitrogens is 1. The highest BCUT2D eigenvalue weighted by Gasteiger charge is 2.30. The fourth-order valence-corrected chi connectivity index (χ4v) is 3.67. The average Bonchev–Trinajstić information content (AvgIpc) is 3.09. The highest BCUT2D eigenvalue weighted by Crippen LogP contribution is 2.30. The molecule has 1 aromatic heterocycles. The molecular formula is C18H14F3N3O3S2. The largest absolute Gasteiger partial charge is 0.416 e. The van der Waals surface area contributed by atoms with Crippen LogP contribution < -0.4 is 10.0 Å². The topological polar surface area (TPSA) is 88.2 Å². The summed E-state index contributed by atoms with van der Waals surface area (Å²) in [4.78, 5) is 16.5. The number of amides is 1. The third-order valence-electron chi connectivity index (χ3n) is 3.66. The molecule has 0 bridgehead atoms. The molecule has 2 N–H and O–H groups in total. The van der Waals surface area contributed by atoms with Gasteiger partial charge in [-0.05, 0) is 30.3 Å². The first-order valence-corrected chi connectivity index (χ1v) is 10.8. The maximum absolute atomic E-state index is 12.8. The lowest BCUT2D eigenvalue weighted by Gasteiger charge is -2.08. The molecule has 1 amide bonds. The van der Waals surface area contributed by atoms with E-state index in [-0.39, 0.29) is 10.7 Å². The molecule has 0 aliphatic heterocycles. The van der Waals surface area contributed by atoms with Crippen molar-refractivity contribution in [2.75, 3.05) is 16.3 Å². The molecule has 6 nitrogen and oxygen atoms in total. The van der Waals surface area contributed by atoms with Crippen LogP contribution in [0.15, 0.2) is 53.9 Å². The summed E-state index contributed by atoms with van der Waals surface area (Å²) >= 11 is 1.11. The number of carbonyl (C=O) groups excluding carboxylic acids is 1. The normalized spacial score (nSPS) is 11.9. The Morgan fingerprint density at radius 3 is 2.41 bits per heavy atom. The van der Waals surface area contributed by atoms with E-state index in [1.165, 1.54) is 6.07 Å². The summed E-state index contributed by atoms with van der Waals surface area (Å²) in [5.41, 5.74) is 0.560. The number of thiazole rings is 1. The molecule has 0 atom stereocenters.